The summed E-state index contributed by atoms with van der Waals surface area (Å²) in [6.45, 7) is 0.489. The van der Waals surface area contributed by atoms with Crippen LogP contribution in [-0.4, -0.2) is 26.4 Å². The van der Waals surface area contributed by atoms with Crippen LogP contribution in [-0.2, 0) is 11.3 Å². The minimum atomic E-state index is -0.694. The Kier molecular flexibility index (Phi) is 5.00. The van der Waals surface area contributed by atoms with Gasteiger partial charge in [0.05, 0.1) is 20.8 Å². The Bertz CT molecular complexity index is 565. The molecule has 5 heteroatoms. The quantitative estimate of drug-likeness (QED) is 0.889. The van der Waals surface area contributed by atoms with Crippen molar-refractivity contribution in [1.29, 1.82) is 0 Å². The second-order valence-corrected chi connectivity index (χ2v) is 5.21. The highest BCUT2D eigenvalue weighted by Gasteiger charge is 2.18. The standard InChI is InChI=1S/C15H18O4S/c1-17-9-11-6-7-20-15(11)14(16)10-4-5-12(18-2)13(8-10)19-3/h4-8,14,16H,9H2,1-3H3. The molecule has 0 bridgehead atoms. The lowest BCUT2D eigenvalue weighted by molar-refractivity contribution is 0.178. The summed E-state index contributed by atoms with van der Waals surface area (Å²) >= 11 is 1.51. The fraction of sp³-hybridized carbons (Fsp3) is 0.333. The normalized spacial score (nSPS) is 12.2. The zero-order valence-electron chi connectivity index (χ0n) is 11.8. The first-order valence-electron chi connectivity index (χ1n) is 6.16. The van der Waals surface area contributed by atoms with Crippen LogP contribution in [0.1, 0.15) is 22.1 Å². The number of ether oxygens (including phenoxy) is 3. The molecular formula is C15H18O4S. The van der Waals surface area contributed by atoms with Crippen molar-refractivity contribution in [2.75, 3.05) is 21.3 Å². The van der Waals surface area contributed by atoms with Crippen LogP contribution in [0.5, 0.6) is 11.5 Å². The highest BCUT2D eigenvalue weighted by Crippen LogP contribution is 2.35. The van der Waals surface area contributed by atoms with Crippen LogP contribution in [0.15, 0.2) is 29.6 Å². The second kappa shape index (κ2) is 6.74. The fourth-order valence-corrected chi connectivity index (χ4v) is 2.96. The van der Waals surface area contributed by atoms with Crippen LogP contribution in [0.2, 0.25) is 0 Å². The molecular weight excluding hydrogens is 276 g/mol. The Morgan fingerprint density at radius 2 is 1.85 bits per heavy atom. The van der Waals surface area contributed by atoms with E-state index in [9.17, 15) is 5.11 Å². The zero-order valence-corrected chi connectivity index (χ0v) is 12.6. The number of aliphatic hydroxyl groups excluding tert-OH is 1. The minimum absolute atomic E-state index is 0.489. The summed E-state index contributed by atoms with van der Waals surface area (Å²) in [5.41, 5.74) is 1.77. The van der Waals surface area contributed by atoms with Gasteiger partial charge >= 0.3 is 0 Å². The van der Waals surface area contributed by atoms with E-state index in [2.05, 4.69) is 0 Å². The number of aliphatic hydroxyl groups is 1. The van der Waals surface area contributed by atoms with Gasteiger partial charge in [0.2, 0.25) is 0 Å². The number of benzene rings is 1. The van der Waals surface area contributed by atoms with E-state index in [0.29, 0.717) is 18.1 Å². The van der Waals surface area contributed by atoms with Crippen molar-refractivity contribution in [3.8, 4) is 11.5 Å². The summed E-state index contributed by atoms with van der Waals surface area (Å²) in [6, 6.07) is 7.39. The SMILES string of the molecule is COCc1ccsc1C(O)c1ccc(OC)c(OC)c1. The summed E-state index contributed by atoms with van der Waals surface area (Å²) in [6.07, 6.45) is -0.694. The van der Waals surface area contributed by atoms with Crippen LogP contribution in [0, 0.1) is 0 Å². The Hall–Kier alpha value is -1.56. The van der Waals surface area contributed by atoms with Crippen LogP contribution in [0.25, 0.3) is 0 Å². The number of thiophene rings is 1. The molecule has 4 nitrogen and oxygen atoms in total. The number of rotatable bonds is 6. The van der Waals surface area contributed by atoms with Crippen molar-refractivity contribution in [1.82, 2.24) is 0 Å². The van der Waals surface area contributed by atoms with Crippen LogP contribution >= 0.6 is 11.3 Å². The molecule has 0 fully saturated rings. The number of methoxy groups -OCH3 is 3. The second-order valence-electron chi connectivity index (χ2n) is 4.26. The average molecular weight is 294 g/mol. The lowest BCUT2D eigenvalue weighted by atomic mass is 10.0. The molecule has 0 spiro atoms. The Labute approximate surface area is 122 Å². The van der Waals surface area contributed by atoms with E-state index in [4.69, 9.17) is 14.2 Å². The molecule has 0 amide bonds. The van der Waals surface area contributed by atoms with Gasteiger partial charge < -0.3 is 19.3 Å². The summed E-state index contributed by atoms with van der Waals surface area (Å²) in [7, 11) is 4.81. The molecule has 1 unspecified atom stereocenters. The number of hydrogen-bond acceptors (Lipinski definition) is 5. The summed E-state index contributed by atoms with van der Waals surface area (Å²) in [5.74, 6) is 1.25. The summed E-state index contributed by atoms with van der Waals surface area (Å²) in [4.78, 5) is 0.888. The predicted octanol–water partition coefficient (Wildman–Crippen LogP) is 2.99. The van der Waals surface area contributed by atoms with Crippen LogP contribution in [0.3, 0.4) is 0 Å². The molecule has 1 heterocycles. The molecule has 2 aromatic rings. The van der Waals surface area contributed by atoms with Gasteiger partial charge in [-0.2, -0.15) is 0 Å². The lowest BCUT2D eigenvalue weighted by Gasteiger charge is -2.14. The third-order valence-corrected chi connectivity index (χ3v) is 4.06. The number of hydrogen-bond donors (Lipinski definition) is 1. The van der Waals surface area contributed by atoms with Crippen molar-refractivity contribution in [3.63, 3.8) is 0 Å². The van der Waals surface area contributed by atoms with E-state index < -0.39 is 6.10 Å². The molecule has 0 radical (unpaired) electrons. The van der Waals surface area contributed by atoms with E-state index in [-0.39, 0.29) is 0 Å². The molecule has 2 rings (SSSR count). The van der Waals surface area contributed by atoms with Crippen molar-refractivity contribution in [2.45, 2.75) is 12.7 Å². The maximum absolute atomic E-state index is 10.5. The van der Waals surface area contributed by atoms with Crippen LogP contribution < -0.4 is 9.47 Å². The van der Waals surface area contributed by atoms with E-state index >= 15 is 0 Å². The molecule has 1 atom stereocenters. The van der Waals surface area contributed by atoms with Gasteiger partial charge in [0.25, 0.3) is 0 Å². The van der Waals surface area contributed by atoms with Gasteiger partial charge in [-0.25, -0.2) is 0 Å². The van der Waals surface area contributed by atoms with Gasteiger partial charge in [0.15, 0.2) is 11.5 Å². The lowest BCUT2D eigenvalue weighted by Crippen LogP contribution is -2.02. The minimum Gasteiger partial charge on any atom is -0.493 e. The maximum Gasteiger partial charge on any atom is 0.161 e. The van der Waals surface area contributed by atoms with Gasteiger partial charge in [0, 0.05) is 12.0 Å². The van der Waals surface area contributed by atoms with Gasteiger partial charge in [-0.15, -0.1) is 11.3 Å². The van der Waals surface area contributed by atoms with Gasteiger partial charge in [-0.05, 0) is 34.7 Å². The molecule has 20 heavy (non-hydrogen) atoms. The molecule has 1 aromatic heterocycles. The first kappa shape index (κ1) is 14.8. The smallest absolute Gasteiger partial charge is 0.161 e. The molecule has 0 aliphatic carbocycles. The third-order valence-electron chi connectivity index (χ3n) is 3.05. The zero-order chi connectivity index (χ0) is 14.5. The van der Waals surface area contributed by atoms with Crippen LogP contribution in [0.4, 0.5) is 0 Å². The maximum atomic E-state index is 10.5. The highest BCUT2D eigenvalue weighted by atomic mass is 32.1. The Balaban J connectivity index is 2.32. The average Bonchev–Trinajstić information content (AvgIpc) is 2.94. The van der Waals surface area contributed by atoms with Crippen molar-refractivity contribution in [3.05, 3.63) is 45.6 Å². The van der Waals surface area contributed by atoms with E-state index in [1.807, 2.05) is 17.5 Å². The first-order chi connectivity index (χ1) is 9.71. The van der Waals surface area contributed by atoms with Gasteiger partial charge in [-0.3, -0.25) is 0 Å². The van der Waals surface area contributed by atoms with E-state index in [0.717, 1.165) is 16.0 Å². The third kappa shape index (κ3) is 2.95. The predicted molar refractivity (Wildman–Crippen MR) is 78.6 cm³/mol. The molecule has 0 saturated heterocycles. The molecule has 0 saturated carbocycles. The molecule has 1 N–H and O–H groups in total. The fourth-order valence-electron chi connectivity index (χ4n) is 2.04. The molecule has 108 valence electrons. The molecule has 1 aromatic carbocycles. The Morgan fingerprint density at radius 3 is 2.50 bits per heavy atom. The van der Waals surface area contributed by atoms with Crippen molar-refractivity contribution < 1.29 is 19.3 Å². The first-order valence-corrected chi connectivity index (χ1v) is 7.04. The summed E-state index contributed by atoms with van der Waals surface area (Å²) < 4.78 is 15.6. The molecule has 0 aliphatic heterocycles. The largest absolute Gasteiger partial charge is 0.493 e. The van der Waals surface area contributed by atoms with Crippen molar-refractivity contribution in [2.24, 2.45) is 0 Å². The van der Waals surface area contributed by atoms with E-state index in [1.165, 1.54) is 11.3 Å². The molecule has 0 aliphatic rings. The van der Waals surface area contributed by atoms with Gasteiger partial charge in [0.1, 0.15) is 6.10 Å². The topological polar surface area (TPSA) is 47.9 Å². The highest BCUT2D eigenvalue weighted by molar-refractivity contribution is 7.10. The van der Waals surface area contributed by atoms with Crippen molar-refractivity contribution >= 4 is 11.3 Å². The monoisotopic (exact) mass is 294 g/mol. The van der Waals surface area contributed by atoms with Gasteiger partial charge in [-0.1, -0.05) is 6.07 Å². The summed E-state index contributed by atoms with van der Waals surface area (Å²) in [5, 5.41) is 12.5. The Morgan fingerprint density at radius 1 is 1.10 bits per heavy atom. The van der Waals surface area contributed by atoms with E-state index in [1.54, 1.807) is 33.5 Å².